The highest BCUT2D eigenvalue weighted by atomic mass is 16.4. The first-order valence-electron chi connectivity index (χ1n) is 8.39. The molecule has 25 heavy (non-hydrogen) atoms. The lowest BCUT2D eigenvalue weighted by Gasteiger charge is -2.21. The van der Waals surface area contributed by atoms with Gasteiger partial charge in [0.2, 0.25) is 0 Å². The van der Waals surface area contributed by atoms with Crippen LogP contribution in [0.1, 0.15) is 24.7 Å². The SMILES string of the molecule is CC(O)(CNC(=O)NCCCc1c[nH]c2ccccc12)c1ccco1. The van der Waals surface area contributed by atoms with Gasteiger partial charge in [-0.3, -0.25) is 0 Å². The summed E-state index contributed by atoms with van der Waals surface area (Å²) in [5.74, 6) is 0.423. The van der Waals surface area contributed by atoms with E-state index < -0.39 is 5.60 Å². The van der Waals surface area contributed by atoms with E-state index in [-0.39, 0.29) is 12.6 Å². The number of aryl methyl sites for hydroxylation is 1. The number of carbonyl (C=O) groups excluding carboxylic acids is 1. The largest absolute Gasteiger partial charge is 0.466 e. The van der Waals surface area contributed by atoms with Crippen LogP contribution in [0, 0.1) is 0 Å². The molecule has 0 spiro atoms. The number of furan rings is 1. The summed E-state index contributed by atoms with van der Waals surface area (Å²) in [6.07, 6.45) is 5.23. The van der Waals surface area contributed by atoms with Crippen molar-refractivity contribution >= 4 is 16.9 Å². The molecule has 0 saturated carbocycles. The summed E-state index contributed by atoms with van der Waals surface area (Å²) >= 11 is 0. The van der Waals surface area contributed by atoms with E-state index in [1.807, 2.05) is 18.3 Å². The quantitative estimate of drug-likeness (QED) is 0.498. The summed E-state index contributed by atoms with van der Waals surface area (Å²) in [5.41, 5.74) is 1.15. The maximum atomic E-state index is 11.9. The summed E-state index contributed by atoms with van der Waals surface area (Å²) in [6, 6.07) is 11.3. The predicted molar refractivity (Wildman–Crippen MR) is 96.3 cm³/mol. The fourth-order valence-electron chi connectivity index (χ4n) is 2.81. The molecule has 2 amide bonds. The Morgan fingerprint density at radius 1 is 1.24 bits per heavy atom. The van der Waals surface area contributed by atoms with Crippen molar-refractivity contribution in [3.63, 3.8) is 0 Å². The van der Waals surface area contributed by atoms with Gasteiger partial charge in [-0.25, -0.2) is 4.79 Å². The highest BCUT2D eigenvalue weighted by Gasteiger charge is 2.26. The number of para-hydroxylation sites is 1. The second-order valence-corrected chi connectivity index (χ2v) is 6.32. The smallest absolute Gasteiger partial charge is 0.314 e. The molecule has 4 N–H and O–H groups in total. The molecule has 0 aliphatic rings. The number of amides is 2. The Balaban J connectivity index is 1.39. The second-order valence-electron chi connectivity index (χ2n) is 6.32. The minimum atomic E-state index is -1.23. The van der Waals surface area contributed by atoms with E-state index in [4.69, 9.17) is 4.42 Å². The van der Waals surface area contributed by atoms with Crippen molar-refractivity contribution in [2.75, 3.05) is 13.1 Å². The molecule has 0 aliphatic carbocycles. The third-order valence-electron chi connectivity index (χ3n) is 4.23. The van der Waals surface area contributed by atoms with E-state index in [2.05, 4.69) is 27.8 Å². The van der Waals surface area contributed by atoms with Crippen molar-refractivity contribution in [2.24, 2.45) is 0 Å². The first-order chi connectivity index (χ1) is 12.1. The van der Waals surface area contributed by atoms with Gasteiger partial charge in [0, 0.05) is 23.6 Å². The lowest BCUT2D eigenvalue weighted by molar-refractivity contribution is 0.0367. The summed E-state index contributed by atoms with van der Waals surface area (Å²) in [7, 11) is 0. The van der Waals surface area contributed by atoms with Crippen LogP contribution in [0.2, 0.25) is 0 Å². The monoisotopic (exact) mass is 341 g/mol. The lowest BCUT2D eigenvalue weighted by Crippen LogP contribution is -2.43. The zero-order valence-electron chi connectivity index (χ0n) is 14.2. The Bertz CT molecular complexity index is 821. The average molecular weight is 341 g/mol. The number of H-pyrrole nitrogens is 1. The molecule has 0 fully saturated rings. The molecule has 6 nitrogen and oxygen atoms in total. The van der Waals surface area contributed by atoms with Crippen molar-refractivity contribution < 1.29 is 14.3 Å². The number of aromatic nitrogens is 1. The maximum Gasteiger partial charge on any atom is 0.314 e. The van der Waals surface area contributed by atoms with Gasteiger partial charge in [-0.15, -0.1) is 0 Å². The highest BCUT2D eigenvalue weighted by molar-refractivity contribution is 5.83. The Morgan fingerprint density at radius 2 is 2.08 bits per heavy atom. The van der Waals surface area contributed by atoms with E-state index >= 15 is 0 Å². The lowest BCUT2D eigenvalue weighted by atomic mass is 10.0. The van der Waals surface area contributed by atoms with Gasteiger partial charge in [0.25, 0.3) is 0 Å². The summed E-state index contributed by atoms with van der Waals surface area (Å²) in [6.45, 7) is 2.24. The molecule has 0 radical (unpaired) electrons. The molecule has 3 aromatic rings. The van der Waals surface area contributed by atoms with Crippen LogP contribution in [0.3, 0.4) is 0 Å². The van der Waals surface area contributed by atoms with Crippen molar-refractivity contribution in [1.29, 1.82) is 0 Å². The molecule has 0 saturated heterocycles. The van der Waals surface area contributed by atoms with Gasteiger partial charge in [0.1, 0.15) is 11.4 Å². The molecule has 2 aromatic heterocycles. The van der Waals surface area contributed by atoms with Crippen molar-refractivity contribution in [2.45, 2.75) is 25.4 Å². The van der Waals surface area contributed by atoms with Crippen LogP contribution in [-0.2, 0) is 12.0 Å². The molecule has 1 aromatic carbocycles. The number of nitrogens with one attached hydrogen (secondary N) is 3. The van der Waals surface area contributed by atoms with Gasteiger partial charge >= 0.3 is 6.03 Å². The fraction of sp³-hybridized carbons (Fsp3) is 0.316. The normalized spacial score (nSPS) is 13.5. The number of rotatable bonds is 7. The zero-order chi connectivity index (χ0) is 17.7. The molecule has 0 aliphatic heterocycles. The number of aliphatic hydroxyl groups is 1. The second kappa shape index (κ2) is 7.44. The molecule has 2 heterocycles. The number of hydrogen-bond acceptors (Lipinski definition) is 3. The van der Waals surface area contributed by atoms with Crippen LogP contribution in [0.5, 0.6) is 0 Å². The summed E-state index contributed by atoms with van der Waals surface area (Å²) < 4.78 is 5.18. The third-order valence-corrected chi connectivity index (χ3v) is 4.23. The zero-order valence-corrected chi connectivity index (χ0v) is 14.2. The fourth-order valence-corrected chi connectivity index (χ4v) is 2.81. The molecule has 1 atom stereocenters. The van der Waals surface area contributed by atoms with E-state index in [9.17, 15) is 9.90 Å². The Kier molecular flexibility index (Phi) is 5.09. The van der Waals surface area contributed by atoms with E-state index in [0.29, 0.717) is 12.3 Å². The average Bonchev–Trinajstić information content (AvgIpc) is 3.27. The van der Waals surface area contributed by atoms with E-state index in [1.54, 1.807) is 19.1 Å². The first-order valence-corrected chi connectivity index (χ1v) is 8.39. The Hall–Kier alpha value is -2.73. The van der Waals surface area contributed by atoms with Crippen LogP contribution < -0.4 is 10.6 Å². The van der Waals surface area contributed by atoms with Gasteiger partial charge in [-0.05, 0) is 43.5 Å². The van der Waals surface area contributed by atoms with Crippen LogP contribution in [0.4, 0.5) is 4.79 Å². The van der Waals surface area contributed by atoms with Crippen molar-refractivity contribution in [1.82, 2.24) is 15.6 Å². The molecule has 132 valence electrons. The molecular formula is C19H23N3O3. The molecular weight excluding hydrogens is 318 g/mol. The molecule has 6 heteroatoms. The van der Waals surface area contributed by atoms with Crippen LogP contribution >= 0.6 is 0 Å². The van der Waals surface area contributed by atoms with Gasteiger partial charge < -0.3 is 25.1 Å². The van der Waals surface area contributed by atoms with Gasteiger partial charge in [-0.1, -0.05) is 18.2 Å². The van der Waals surface area contributed by atoms with Crippen molar-refractivity contribution in [3.8, 4) is 0 Å². The summed E-state index contributed by atoms with van der Waals surface area (Å²) in [5, 5.41) is 17.0. The Morgan fingerprint density at radius 3 is 2.88 bits per heavy atom. The predicted octanol–water partition coefficient (Wildman–Crippen LogP) is 2.90. The van der Waals surface area contributed by atoms with Gasteiger partial charge in [-0.2, -0.15) is 0 Å². The topological polar surface area (TPSA) is 90.3 Å². The highest BCUT2D eigenvalue weighted by Crippen LogP contribution is 2.20. The van der Waals surface area contributed by atoms with Crippen molar-refractivity contribution in [3.05, 3.63) is 60.2 Å². The van der Waals surface area contributed by atoms with Gasteiger partial charge in [0.05, 0.1) is 12.8 Å². The number of aromatic amines is 1. The number of urea groups is 1. The van der Waals surface area contributed by atoms with E-state index in [0.717, 1.165) is 18.4 Å². The number of fused-ring (bicyclic) bond motifs is 1. The maximum absolute atomic E-state index is 11.9. The standard InChI is InChI=1S/C19H23N3O3/c1-19(24,17-9-5-11-25-17)13-22-18(23)20-10-4-6-14-12-21-16-8-3-2-7-15(14)16/h2-3,5,7-9,11-12,21,24H,4,6,10,13H2,1H3,(H2,20,22,23). The third kappa shape index (κ3) is 4.22. The minimum absolute atomic E-state index is 0.0782. The van der Waals surface area contributed by atoms with E-state index in [1.165, 1.54) is 17.2 Å². The number of hydrogen-bond donors (Lipinski definition) is 4. The number of benzene rings is 1. The Labute approximate surface area is 146 Å². The van der Waals surface area contributed by atoms with Crippen LogP contribution in [-0.4, -0.2) is 29.2 Å². The molecule has 1 unspecified atom stereocenters. The minimum Gasteiger partial charge on any atom is -0.466 e. The van der Waals surface area contributed by atoms with Crippen LogP contribution in [0.15, 0.2) is 53.3 Å². The number of carbonyl (C=O) groups is 1. The molecule has 0 bridgehead atoms. The van der Waals surface area contributed by atoms with Gasteiger partial charge in [0.15, 0.2) is 0 Å². The van der Waals surface area contributed by atoms with Crippen LogP contribution in [0.25, 0.3) is 10.9 Å². The molecule has 3 rings (SSSR count). The first kappa shape index (κ1) is 17.1. The summed E-state index contributed by atoms with van der Waals surface area (Å²) in [4.78, 5) is 15.1.